The maximum absolute atomic E-state index is 11.1. The lowest BCUT2D eigenvalue weighted by atomic mass is 9.65. The molecular formula is C17H22N2O. The summed E-state index contributed by atoms with van der Waals surface area (Å²) >= 11 is 0. The highest BCUT2D eigenvalue weighted by Gasteiger charge is 2.47. The maximum atomic E-state index is 11.1. The van der Waals surface area contributed by atoms with E-state index in [4.69, 9.17) is 5.26 Å². The summed E-state index contributed by atoms with van der Waals surface area (Å²) in [6.07, 6.45) is 7.81. The Kier molecular flexibility index (Phi) is 3.67. The number of nitrogens with one attached hydrogen (secondary N) is 1. The van der Waals surface area contributed by atoms with Crippen LogP contribution in [0.5, 0.6) is 0 Å². The van der Waals surface area contributed by atoms with E-state index in [-0.39, 0.29) is 6.04 Å². The molecule has 2 aliphatic rings. The fraction of sp³-hybridized carbons (Fsp3) is 0.588. The summed E-state index contributed by atoms with van der Waals surface area (Å²) in [4.78, 5) is 0. The molecule has 2 saturated carbocycles. The molecule has 0 bridgehead atoms. The predicted octanol–water partition coefficient (Wildman–Crippen LogP) is 3.44. The smallest absolute Gasteiger partial charge is 0.0992 e. The first kappa shape index (κ1) is 13.5. The average molecular weight is 270 g/mol. The van der Waals surface area contributed by atoms with Gasteiger partial charge in [0.05, 0.1) is 23.3 Å². The highest BCUT2D eigenvalue weighted by molar-refractivity contribution is 5.50. The molecule has 0 saturated heterocycles. The van der Waals surface area contributed by atoms with Gasteiger partial charge in [0.15, 0.2) is 0 Å². The quantitative estimate of drug-likeness (QED) is 0.865. The van der Waals surface area contributed by atoms with Gasteiger partial charge in [0, 0.05) is 5.69 Å². The number of fused-ring (bicyclic) bond motifs is 1. The second-order valence-corrected chi connectivity index (χ2v) is 6.25. The summed E-state index contributed by atoms with van der Waals surface area (Å²) in [5.74, 6) is 0.446. The first-order valence-electron chi connectivity index (χ1n) is 7.71. The zero-order chi connectivity index (χ0) is 14.0. The van der Waals surface area contributed by atoms with Crippen molar-refractivity contribution in [3.8, 4) is 6.07 Å². The number of nitriles is 1. The molecule has 3 nitrogen and oxygen atoms in total. The summed E-state index contributed by atoms with van der Waals surface area (Å²) in [7, 11) is 0. The van der Waals surface area contributed by atoms with E-state index in [0.717, 1.165) is 37.8 Å². The molecule has 3 heteroatoms. The van der Waals surface area contributed by atoms with Crippen LogP contribution < -0.4 is 5.32 Å². The summed E-state index contributed by atoms with van der Waals surface area (Å²) in [5.41, 5.74) is 1.06. The fourth-order valence-corrected chi connectivity index (χ4v) is 4.00. The lowest BCUT2D eigenvalue weighted by molar-refractivity contribution is -0.0835. The van der Waals surface area contributed by atoms with Crippen LogP contribution in [0.25, 0.3) is 0 Å². The van der Waals surface area contributed by atoms with Crippen LogP contribution in [0.4, 0.5) is 5.69 Å². The Morgan fingerprint density at radius 1 is 1.20 bits per heavy atom. The number of anilines is 1. The first-order valence-corrected chi connectivity index (χ1v) is 7.71. The molecule has 3 rings (SSSR count). The van der Waals surface area contributed by atoms with Gasteiger partial charge in [-0.25, -0.2) is 0 Å². The third kappa shape index (κ3) is 2.41. The van der Waals surface area contributed by atoms with Gasteiger partial charge in [0.25, 0.3) is 0 Å². The molecular weight excluding hydrogens is 248 g/mol. The number of nitrogens with zero attached hydrogens (tertiary/aromatic N) is 1. The van der Waals surface area contributed by atoms with E-state index < -0.39 is 5.60 Å². The molecule has 20 heavy (non-hydrogen) atoms. The summed E-state index contributed by atoms with van der Waals surface area (Å²) in [6, 6.07) is 9.85. The second kappa shape index (κ2) is 5.46. The van der Waals surface area contributed by atoms with E-state index in [1.807, 2.05) is 24.3 Å². The van der Waals surface area contributed by atoms with Gasteiger partial charge < -0.3 is 10.4 Å². The van der Waals surface area contributed by atoms with Gasteiger partial charge in [-0.2, -0.15) is 5.26 Å². The second-order valence-electron chi connectivity index (χ2n) is 6.25. The number of benzene rings is 1. The molecule has 1 aromatic rings. The number of hydrogen-bond acceptors (Lipinski definition) is 3. The summed E-state index contributed by atoms with van der Waals surface area (Å²) < 4.78 is 0. The zero-order valence-corrected chi connectivity index (χ0v) is 11.8. The van der Waals surface area contributed by atoms with Crippen molar-refractivity contribution >= 4 is 5.69 Å². The Morgan fingerprint density at radius 2 is 2.05 bits per heavy atom. The van der Waals surface area contributed by atoms with E-state index in [0.29, 0.717) is 11.5 Å². The third-order valence-corrected chi connectivity index (χ3v) is 5.07. The maximum Gasteiger partial charge on any atom is 0.0992 e. The Bertz CT molecular complexity index is 520. The van der Waals surface area contributed by atoms with E-state index in [1.165, 1.54) is 12.8 Å². The van der Waals surface area contributed by atoms with Crippen LogP contribution in [0.15, 0.2) is 24.3 Å². The standard InChI is InChI=1S/C17H22N2O/c18-12-13-5-3-8-15(11-13)19-16-9-4-7-14-6-1-2-10-17(14,16)20/h3,5,8,11,14,16,19-20H,1-2,4,6-7,9-10H2/t14-,16+,17+/m1/s1. The molecule has 2 aliphatic carbocycles. The van der Waals surface area contributed by atoms with Crippen molar-refractivity contribution in [2.45, 2.75) is 56.6 Å². The normalized spacial score (nSPS) is 33.0. The SMILES string of the molecule is N#Cc1cccc(N[C@H]2CCC[C@H]3CCCC[C@]32O)c1. The van der Waals surface area contributed by atoms with Crippen LogP contribution in [-0.4, -0.2) is 16.7 Å². The van der Waals surface area contributed by atoms with Gasteiger partial charge in [0.1, 0.15) is 0 Å². The van der Waals surface area contributed by atoms with Gasteiger partial charge in [0.2, 0.25) is 0 Å². The van der Waals surface area contributed by atoms with E-state index in [2.05, 4.69) is 11.4 Å². The molecule has 0 aromatic heterocycles. The van der Waals surface area contributed by atoms with E-state index in [1.54, 1.807) is 0 Å². The molecule has 0 radical (unpaired) electrons. The van der Waals surface area contributed by atoms with Gasteiger partial charge >= 0.3 is 0 Å². The van der Waals surface area contributed by atoms with Gasteiger partial charge in [-0.15, -0.1) is 0 Å². The number of aliphatic hydroxyl groups is 1. The molecule has 2 N–H and O–H groups in total. The van der Waals surface area contributed by atoms with Gasteiger partial charge in [-0.1, -0.05) is 25.3 Å². The first-order chi connectivity index (χ1) is 9.72. The monoisotopic (exact) mass is 270 g/mol. The van der Waals surface area contributed by atoms with Crippen molar-refractivity contribution in [2.24, 2.45) is 5.92 Å². The Hall–Kier alpha value is -1.53. The molecule has 0 spiro atoms. The minimum atomic E-state index is -0.556. The van der Waals surface area contributed by atoms with Crippen molar-refractivity contribution in [1.29, 1.82) is 5.26 Å². The summed E-state index contributed by atoms with van der Waals surface area (Å²) in [5, 5.41) is 23.6. The average Bonchev–Trinajstić information content (AvgIpc) is 2.48. The number of rotatable bonds is 2. The Morgan fingerprint density at radius 3 is 2.90 bits per heavy atom. The lowest BCUT2D eigenvalue weighted by Crippen LogP contribution is -2.56. The van der Waals surface area contributed by atoms with Crippen LogP contribution in [0.3, 0.4) is 0 Å². The van der Waals surface area contributed by atoms with Crippen LogP contribution in [-0.2, 0) is 0 Å². The van der Waals surface area contributed by atoms with Crippen molar-refractivity contribution in [3.05, 3.63) is 29.8 Å². The highest BCUT2D eigenvalue weighted by atomic mass is 16.3. The van der Waals surface area contributed by atoms with Crippen LogP contribution in [0.1, 0.15) is 50.5 Å². The molecule has 0 aliphatic heterocycles. The molecule has 0 unspecified atom stereocenters. The third-order valence-electron chi connectivity index (χ3n) is 5.07. The van der Waals surface area contributed by atoms with Crippen molar-refractivity contribution in [2.75, 3.05) is 5.32 Å². The highest BCUT2D eigenvalue weighted by Crippen LogP contribution is 2.44. The van der Waals surface area contributed by atoms with E-state index >= 15 is 0 Å². The number of hydrogen-bond donors (Lipinski definition) is 2. The largest absolute Gasteiger partial charge is 0.387 e. The minimum Gasteiger partial charge on any atom is -0.387 e. The summed E-state index contributed by atoms with van der Waals surface area (Å²) in [6.45, 7) is 0. The molecule has 106 valence electrons. The van der Waals surface area contributed by atoms with Crippen LogP contribution in [0.2, 0.25) is 0 Å². The molecule has 1 aromatic carbocycles. The van der Waals surface area contributed by atoms with Gasteiger partial charge in [-0.05, 0) is 49.8 Å². The molecule has 0 amide bonds. The Labute approximate surface area is 120 Å². The molecule has 3 atom stereocenters. The van der Waals surface area contributed by atoms with Crippen molar-refractivity contribution in [1.82, 2.24) is 0 Å². The molecule has 2 fully saturated rings. The van der Waals surface area contributed by atoms with Crippen molar-refractivity contribution in [3.63, 3.8) is 0 Å². The topological polar surface area (TPSA) is 56.0 Å². The van der Waals surface area contributed by atoms with Gasteiger partial charge in [-0.3, -0.25) is 0 Å². The molecule has 0 heterocycles. The lowest BCUT2D eigenvalue weighted by Gasteiger charge is -2.49. The zero-order valence-electron chi connectivity index (χ0n) is 11.8. The van der Waals surface area contributed by atoms with Crippen LogP contribution >= 0.6 is 0 Å². The van der Waals surface area contributed by atoms with Crippen LogP contribution in [0, 0.1) is 17.2 Å². The van der Waals surface area contributed by atoms with Crippen molar-refractivity contribution < 1.29 is 5.11 Å². The predicted molar refractivity (Wildman–Crippen MR) is 79.3 cm³/mol. The minimum absolute atomic E-state index is 0.121. The fourth-order valence-electron chi connectivity index (χ4n) is 4.00. The Balaban J connectivity index is 1.80. The van der Waals surface area contributed by atoms with E-state index in [9.17, 15) is 5.11 Å².